The van der Waals surface area contributed by atoms with E-state index in [1.54, 1.807) is 31.4 Å². The van der Waals surface area contributed by atoms with E-state index in [0.717, 1.165) is 22.6 Å². The summed E-state index contributed by atoms with van der Waals surface area (Å²) in [6.45, 7) is 1.88. The van der Waals surface area contributed by atoms with Crippen molar-refractivity contribution in [2.24, 2.45) is 0 Å². The van der Waals surface area contributed by atoms with E-state index in [0.29, 0.717) is 22.4 Å². The summed E-state index contributed by atoms with van der Waals surface area (Å²) in [4.78, 5) is 25.3. The molecule has 5 aromatic rings. The molecule has 0 saturated carbocycles. The Morgan fingerprint density at radius 1 is 0.949 bits per heavy atom. The van der Waals surface area contributed by atoms with E-state index < -0.39 is 0 Å². The van der Waals surface area contributed by atoms with E-state index in [1.807, 2.05) is 72.2 Å². The predicted molar refractivity (Wildman–Crippen MR) is 151 cm³/mol. The molecule has 3 aromatic carbocycles. The van der Waals surface area contributed by atoms with Crippen LogP contribution in [0.25, 0.3) is 17.1 Å². The zero-order valence-electron chi connectivity index (χ0n) is 21.3. The lowest BCUT2D eigenvalue weighted by atomic mass is 10.1. The number of anilines is 2. The number of carbonyl (C=O) groups excluding carboxylic acids is 2. The van der Waals surface area contributed by atoms with E-state index in [9.17, 15) is 9.59 Å². The van der Waals surface area contributed by atoms with Crippen LogP contribution in [-0.4, -0.2) is 39.4 Å². The summed E-state index contributed by atoms with van der Waals surface area (Å²) in [7, 11) is 1.62. The lowest BCUT2D eigenvalue weighted by Crippen LogP contribution is -2.16. The van der Waals surface area contributed by atoms with Crippen LogP contribution in [0, 0.1) is 6.92 Å². The molecular formula is C29H25N5O4S. The van der Waals surface area contributed by atoms with Gasteiger partial charge in [-0.1, -0.05) is 36.0 Å². The molecule has 10 heteroatoms. The van der Waals surface area contributed by atoms with Crippen LogP contribution in [0.5, 0.6) is 5.75 Å². The molecule has 196 valence electrons. The third-order valence-electron chi connectivity index (χ3n) is 5.84. The SMILES string of the molecule is COc1ccc(-c2nnc(SCC(=O)Nc3cc(NC(=O)c4ccco4)ccc3C)n2-c2ccccc2)cc1. The number of hydrogen-bond acceptors (Lipinski definition) is 7. The summed E-state index contributed by atoms with van der Waals surface area (Å²) >= 11 is 1.28. The molecule has 0 aliphatic rings. The molecule has 2 amide bonds. The summed E-state index contributed by atoms with van der Waals surface area (Å²) < 4.78 is 12.3. The fraction of sp³-hybridized carbons (Fsp3) is 0.103. The van der Waals surface area contributed by atoms with Crippen molar-refractivity contribution in [3.63, 3.8) is 0 Å². The minimum atomic E-state index is -0.371. The van der Waals surface area contributed by atoms with Crippen LogP contribution in [0.2, 0.25) is 0 Å². The Morgan fingerprint density at radius 3 is 2.46 bits per heavy atom. The number of amides is 2. The Hall–Kier alpha value is -4.83. The second-order valence-electron chi connectivity index (χ2n) is 8.50. The minimum absolute atomic E-state index is 0.107. The molecule has 0 bridgehead atoms. The third-order valence-corrected chi connectivity index (χ3v) is 6.77. The number of thioether (sulfide) groups is 1. The molecule has 0 fully saturated rings. The summed E-state index contributed by atoms with van der Waals surface area (Å²) in [5.74, 6) is 1.12. The van der Waals surface area contributed by atoms with Gasteiger partial charge in [0.05, 0.1) is 19.1 Å². The number of aromatic nitrogens is 3. The standard InChI is InChI=1S/C29H25N5O4S/c1-19-10-13-21(30-28(36)25-9-6-16-38-25)17-24(19)31-26(35)18-39-29-33-32-27(20-11-14-23(37-2)15-12-20)34(29)22-7-4-3-5-8-22/h3-17H,18H2,1-2H3,(H,30,36)(H,31,35). The lowest BCUT2D eigenvalue weighted by Gasteiger charge is -2.12. The van der Waals surface area contributed by atoms with Crippen molar-refractivity contribution in [3.8, 4) is 22.8 Å². The predicted octanol–water partition coefficient (Wildman–Crippen LogP) is 5.83. The van der Waals surface area contributed by atoms with Crippen LogP contribution < -0.4 is 15.4 Å². The van der Waals surface area contributed by atoms with Gasteiger partial charge in [-0.2, -0.15) is 0 Å². The van der Waals surface area contributed by atoms with Crippen molar-refractivity contribution in [3.05, 3.63) is 103 Å². The van der Waals surface area contributed by atoms with E-state index in [-0.39, 0.29) is 23.3 Å². The van der Waals surface area contributed by atoms with E-state index in [2.05, 4.69) is 20.8 Å². The van der Waals surface area contributed by atoms with Gasteiger partial charge < -0.3 is 19.8 Å². The molecule has 0 aliphatic heterocycles. The molecule has 2 aromatic heterocycles. The van der Waals surface area contributed by atoms with E-state index in [1.165, 1.54) is 18.0 Å². The average Bonchev–Trinajstić information content (AvgIpc) is 3.65. The Kier molecular flexibility index (Phi) is 7.74. The highest BCUT2D eigenvalue weighted by Gasteiger charge is 2.18. The first-order chi connectivity index (χ1) is 19.0. The molecule has 39 heavy (non-hydrogen) atoms. The van der Waals surface area contributed by atoms with Gasteiger partial charge >= 0.3 is 0 Å². The number of carbonyl (C=O) groups is 2. The number of hydrogen-bond donors (Lipinski definition) is 2. The minimum Gasteiger partial charge on any atom is -0.497 e. The van der Waals surface area contributed by atoms with Crippen molar-refractivity contribution in [2.45, 2.75) is 12.1 Å². The number of furan rings is 1. The van der Waals surface area contributed by atoms with Crippen LogP contribution in [0.1, 0.15) is 16.1 Å². The van der Waals surface area contributed by atoms with Crippen molar-refractivity contribution in [1.29, 1.82) is 0 Å². The first-order valence-corrected chi connectivity index (χ1v) is 13.0. The van der Waals surface area contributed by atoms with Gasteiger partial charge in [-0.05, 0) is 73.2 Å². The maximum Gasteiger partial charge on any atom is 0.291 e. The first-order valence-electron chi connectivity index (χ1n) is 12.1. The van der Waals surface area contributed by atoms with Crippen LogP contribution in [0.4, 0.5) is 11.4 Å². The van der Waals surface area contributed by atoms with E-state index >= 15 is 0 Å². The Balaban J connectivity index is 1.32. The van der Waals surface area contributed by atoms with Gasteiger partial charge in [-0.15, -0.1) is 10.2 Å². The van der Waals surface area contributed by atoms with Gasteiger partial charge in [0.25, 0.3) is 5.91 Å². The zero-order valence-corrected chi connectivity index (χ0v) is 22.1. The van der Waals surface area contributed by atoms with Crippen LogP contribution >= 0.6 is 11.8 Å². The number of nitrogens with zero attached hydrogens (tertiary/aromatic N) is 3. The normalized spacial score (nSPS) is 10.7. The highest BCUT2D eigenvalue weighted by molar-refractivity contribution is 7.99. The quantitative estimate of drug-likeness (QED) is 0.227. The van der Waals surface area contributed by atoms with Crippen molar-refractivity contribution in [2.75, 3.05) is 23.5 Å². The van der Waals surface area contributed by atoms with Crippen LogP contribution in [0.15, 0.2) is 101 Å². The Morgan fingerprint density at radius 2 is 1.74 bits per heavy atom. The highest BCUT2D eigenvalue weighted by Crippen LogP contribution is 2.29. The maximum absolute atomic E-state index is 12.9. The molecule has 0 aliphatic carbocycles. The Labute approximate surface area is 229 Å². The molecule has 5 rings (SSSR count). The molecule has 0 atom stereocenters. The molecule has 0 spiro atoms. The second-order valence-corrected chi connectivity index (χ2v) is 9.45. The molecule has 0 saturated heterocycles. The highest BCUT2D eigenvalue weighted by atomic mass is 32.2. The molecule has 0 radical (unpaired) electrons. The van der Waals surface area contributed by atoms with Crippen LogP contribution in [0.3, 0.4) is 0 Å². The maximum atomic E-state index is 12.9. The Bertz CT molecular complexity index is 1580. The number of methoxy groups -OCH3 is 1. The van der Waals surface area contributed by atoms with E-state index in [4.69, 9.17) is 9.15 Å². The van der Waals surface area contributed by atoms with Gasteiger partial charge in [0.1, 0.15) is 5.75 Å². The van der Waals surface area contributed by atoms with Gasteiger partial charge in [0, 0.05) is 22.6 Å². The van der Waals surface area contributed by atoms with Crippen molar-refractivity contribution < 1.29 is 18.7 Å². The fourth-order valence-electron chi connectivity index (χ4n) is 3.85. The fourth-order valence-corrected chi connectivity index (χ4v) is 4.60. The first kappa shape index (κ1) is 25.8. The molecule has 2 heterocycles. The number of ether oxygens (including phenoxy) is 1. The van der Waals surface area contributed by atoms with Gasteiger partial charge in [0.15, 0.2) is 16.7 Å². The number of benzene rings is 3. The summed E-state index contributed by atoms with van der Waals surface area (Å²) in [5, 5.41) is 15.1. The summed E-state index contributed by atoms with van der Waals surface area (Å²) in [5.41, 5.74) is 3.75. The zero-order chi connectivity index (χ0) is 27.2. The average molecular weight is 540 g/mol. The van der Waals surface area contributed by atoms with Crippen LogP contribution in [-0.2, 0) is 4.79 Å². The summed E-state index contributed by atoms with van der Waals surface area (Å²) in [6, 6.07) is 25.9. The lowest BCUT2D eigenvalue weighted by molar-refractivity contribution is -0.113. The largest absolute Gasteiger partial charge is 0.497 e. The van der Waals surface area contributed by atoms with Gasteiger partial charge in [0.2, 0.25) is 5.91 Å². The smallest absolute Gasteiger partial charge is 0.291 e. The summed E-state index contributed by atoms with van der Waals surface area (Å²) in [6.07, 6.45) is 1.44. The number of rotatable bonds is 9. The number of nitrogens with one attached hydrogen (secondary N) is 2. The topological polar surface area (TPSA) is 111 Å². The molecule has 9 nitrogen and oxygen atoms in total. The second kappa shape index (κ2) is 11.7. The molecular weight excluding hydrogens is 514 g/mol. The molecule has 0 unspecified atom stereocenters. The van der Waals surface area contributed by atoms with Gasteiger partial charge in [-0.3, -0.25) is 14.2 Å². The number of aryl methyl sites for hydroxylation is 1. The number of para-hydroxylation sites is 1. The van der Waals surface area contributed by atoms with Crippen molar-refractivity contribution >= 4 is 35.0 Å². The third kappa shape index (κ3) is 6.02. The van der Waals surface area contributed by atoms with Crippen molar-refractivity contribution in [1.82, 2.24) is 14.8 Å². The monoisotopic (exact) mass is 539 g/mol. The molecule has 2 N–H and O–H groups in total. The van der Waals surface area contributed by atoms with Gasteiger partial charge in [-0.25, -0.2) is 0 Å².